The molecule has 0 aromatic heterocycles. The highest BCUT2D eigenvalue weighted by atomic mass is 35.5. The van der Waals surface area contributed by atoms with Crippen LogP contribution in [0.4, 0.5) is 10.1 Å². The van der Waals surface area contributed by atoms with Gasteiger partial charge in [-0.25, -0.2) is 17.5 Å². The second-order valence-corrected chi connectivity index (χ2v) is 9.61. The van der Waals surface area contributed by atoms with Crippen LogP contribution in [0, 0.1) is 5.82 Å². The summed E-state index contributed by atoms with van der Waals surface area (Å²) in [5.41, 5.74) is 1.02. The van der Waals surface area contributed by atoms with Crippen molar-refractivity contribution in [1.29, 1.82) is 0 Å². The quantitative estimate of drug-likeness (QED) is 0.455. The summed E-state index contributed by atoms with van der Waals surface area (Å²) in [6.45, 7) is 9.20. The number of sulfonamides is 1. The van der Waals surface area contributed by atoms with Crippen LogP contribution in [0.3, 0.4) is 0 Å². The third-order valence-corrected chi connectivity index (χ3v) is 7.08. The molecular formula is C22H27ClFN3O4S. The van der Waals surface area contributed by atoms with Crippen molar-refractivity contribution in [3.63, 3.8) is 0 Å². The average Bonchev–Trinajstić information content (AvgIpc) is 2.73. The first kappa shape index (κ1) is 25.8. The Morgan fingerprint density at radius 3 is 2.41 bits per heavy atom. The van der Waals surface area contributed by atoms with Gasteiger partial charge in [0.1, 0.15) is 10.7 Å². The molecule has 10 heteroatoms. The smallest absolute Gasteiger partial charge is 0.251 e. The summed E-state index contributed by atoms with van der Waals surface area (Å²) in [6, 6.07) is 1.44. The van der Waals surface area contributed by atoms with E-state index in [0.29, 0.717) is 37.1 Å². The number of piperidine rings is 1. The van der Waals surface area contributed by atoms with Gasteiger partial charge < -0.3 is 10.2 Å². The molecule has 1 saturated heterocycles. The van der Waals surface area contributed by atoms with E-state index in [1.807, 2.05) is 0 Å². The van der Waals surface area contributed by atoms with Crippen LogP contribution >= 0.6 is 11.6 Å². The maximum Gasteiger partial charge on any atom is 0.251 e. The number of nitrogens with one attached hydrogen (secondary N) is 2. The Bertz CT molecular complexity index is 1070. The van der Waals surface area contributed by atoms with Crippen molar-refractivity contribution in [2.24, 2.45) is 0 Å². The molecular weight excluding hydrogens is 457 g/mol. The van der Waals surface area contributed by atoms with Gasteiger partial charge in [0.2, 0.25) is 15.9 Å². The van der Waals surface area contributed by atoms with Gasteiger partial charge in [0.25, 0.3) is 5.91 Å². The lowest BCUT2D eigenvalue weighted by atomic mass is 10.1. The molecule has 1 aromatic rings. The van der Waals surface area contributed by atoms with E-state index in [-0.39, 0.29) is 16.6 Å². The van der Waals surface area contributed by atoms with Crippen LogP contribution in [0.2, 0.25) is 5.02 Å². The van der Waals surface area contributed by atoms with E-state index >= 15 is 0 Å². The molecule has 0 spiro atoms. The van der Waals surface area contributed by atoms with Crippen LogP contribution in [0.1, 0.15) is 33.6 Å². The first-order chi connectivity index (χ1) is 15.0. The van der Waals surface area contributed by atoms with Crippen molar-refractivity contribution in [1.82, 2.24) is 9.62 Å². The molecule has 1 aliphatic rings. The first-order valence-corrected chi connectivity index (χ1v) is 11.9. The SMILES string of the molecule is C=C/C=C\C(C)=C(/C)C(=O)Nc1cc(F)c(S(=O)(=O)NC2CCN(C(C)=O)CC2)cc1Cl. The van der Waals surface area contributed by atoms with Crippen LogP contribution < -0.4 is 10.0 Å². The largest absolute Gasteiger partial charge is 0.343 e. The second kappa shape index (κ2) is 10.9. The van der Waals surface area contributed by atoms with Gasteiger partial charge in [0.15, 0.2) is 0 Å². The zero-order chi connectivity index (χ0) is 24.1. The molecule has 1 fully saturated rings. The van der Waals surface area contributed by atoms with Crippen molar-refractivity contribution < 1.29 is 22.4 Å². The highest BCUT2D eigenvalue weighted by Gasteiger charge is 2.28. The fourth-order valence-electron chi connectivity index (χ4n) is 3.16. The summed E-state index contributed by atoms with van der Waals surface area (Å²) < 4.78 is 42.6. The molecule has 0 radical (unpaired) electrons. The van der Waals surface area contributed by atoms with Crippen molar-refractivity contribution in [3.05, 3.63) is 58.9 Å². The van der Waals surface area contributed by atoms with Crippen LogP contribution in [-0.4, -0.2) is 44.3 Å². The molecule has 0 saturated carbocycles. The molecule has 0 aliphatic carbocycles. The Morgan fingerprint density at radius 2 is 1.84 bits per heavy atom. The zero-order valence-electron chi connectivity index (χ0n) is 18.2. The molecule has 174 valence electrons. The fraction of sp³-hybridized carbons (Fsp3) is 0.364. The number of anilines is 1. The summed E-state index contributed by atoms with van der Waals surface area (Å²) >= 11 is 6.16. The summed E-state index contributed by atoms with van der Waals surface area (Å²) in [5.74, 6) is -1.61. The Morgan fingerprint density at radius 1 is 1.22 bits per heavy atom. The van der Waals surface area contributed by atoms with Crippen LogP contribution in [0.15, 0.2) is 53.0 Å². The highest BCUT2D eigenvalue weighted by molar-refractivity contribution is 7.89. The van der Waals surface area contributed by atoms with Gasteiger partial charge >= 0.3 is 0 Å². The Balaban J connectivity index is 2.18. The molecule has 1 aliphatic heterocycles. The highest BCUT2D eigenvalue weighted by Crippen LogP contribution is 2.29. The van der Waals surface area contributed by atoms with Gasteiger partial charge in [-0.15, -0.1) is 0 Å². The van der Waals surface area contributed by atoms with Crippen LogP contribution in [0.25, 0.3) is 0 Å². The minimum Gasteiger partial charge on any atom is -0.343 e. The Labute approximate surface area is 193 Å². The van der Waals surface area contributed by atoms with Crippen molar-refractivity contribution in [3.8, 4) is 0 Å². The lowest BCUT2D eigenvalue weighted by Crippen LogP contribution is -2.46. The topological polar surface area (TPSA) is 95.6 Å². The molecule has 1 aromatic carbocycles. The van der Waals surface area contributed by atoms with Crippen LogP contribution in [-0.2, 0) is 19.6 Å². The van der Waals surface area contributed by atoms with E-state index in [1.165, 1.54) is 6.92 Å². The summed E-state index contributed by atoms with van der Waals surface area (Å²) in [4.78, 5) is 24.9. The van der Waals surface area contributed by atoms with Gasteiger partial charge in [0, 0.05) is 37.7 Å². The average molecular weight is 484 g/mol. The Kier molecular flexibility index (Phi) is 8.77. The number of amides is 2. The van der Waals surface area contributed by atoms with E-state index in [0.717, 1.165) is 12.1 Å². The van der Waals surface area contributed by atoms with Gasteiger partial charge in [-0.2, -0.15) is 0 Å². The number of rotatable bonds is 7. The first-order valence-electron chi connectivity index (χ1n) is 10.0. The van der Waals surface area contributed by atoms with Crippen molar-refractivity contribution in [2.75, 3.05) is 18.4 Å². The van der Waals surface area contributed by atoms with E-state index in [2.05, 4.69) is 16.6 Å². The summed E-state index contributed by atoms with van der Waals surface area (Å²) in [7, 11) is -4.19. The number of hydrogen-bond donors (Lipinski definition) is 2. The molecule has 1 heterocycles. The molecule has 0 atom stereocenters. The number of nitrogens with zero attached hydrogens (tertiary/aromatic N) is 1. The number of carbonyl (C=O) groups is 2. The normalized spacial score (nSPS) is 16.1. The molecule has 32 heavy (non-hydrogen) atoms. The second-order valence-electron chi connectivity index (χ2n) is 7.52. The number of carbonyl (C=O) groups excluding carboxylic acids is 2. The molecule has 7 nitrogen and oxygen atoms in total. The van der Waals surface area contributed by atoms with Crippen molar-refractivity contribution in [2.45, 2.75) is 44.6 Å². The minimum atomic E-state index is -4.19. The fourth-order valence-corrected chi connectivity index (χ4v) is 4.82. The number of hydrogen-bond acceptors (Lipinski definition) is 4. The van der Waals surface area contributed by atoms with Gasteiger partial charge in [0.05, 0.1) is 10.7 Å². The van der Waals surface area contributed by atoms with E-state index in [1.54, 1.807) is 37.0 Å². The maximum atomic E-state index is 14.7. The molecule has 2 N–H and O–H groups in total. The number of benzene rings is 1. The zero-order valence-corrected chi connectivity index (χ0v) is 19.8. The van der Waals surface area contributed by atoms with Gasteiger partial charge in [-0.05, 0) is 38.3 Å². The lowest BCUT2D eigenvalue weighted by Gasteiger charge is -2.31. The molecule has 0 unspecified atom stereocenters. The predicted molar refractivity (Wildman–Crippen MR) is 123 cm³/mol. The van der Waals surface area contributed by atoms with Gasteiger partial charge in [-0.1, -0.05) is 36.4 Å². The molecule has 0 bridgehead atoms. The maximum absolute atomic E-state index is 14.7. The number of halogens is 2. The third kappa shape index (κ3) is 6.51. The van der Waals surface area contributed by atoms with E-state index < -0.39 is 32.7 Å². The number of likely N-dealkylation sites (tertiary alicyclic amines) is 1. The Hall–Kier alpha value is -2.49. The summed E-state index contributed by atoms with van der Waals surface area (Å²) in [5, 5.41) is 2.39. The molecule has 2 rings (SSSR count). The number of allylic oxidation sites excluding steroid dienone is 4. The predicted octanol–water partition coefficient (Wildman–Crippen LogP) is 3.79. The lowest BCUT2D eigenvalue weighted by molar-refractivity contribution is -0.129. The van der Waals surface area contributed by atoms with Crippen LogP contribution in [0.5, 0.6) is 0 Å². The van der Waals surface area contributed by atoms with Gasteiger partial charge in [-0.3, -0.25) is 9.59 Å². The standard InChI is InChI=1S/C22H27ClFN3O4S/c1-5-6-7-14(2)15(3)22(29)25-20-13-19(24)21(12-18(20)23)32(30,31)26-17-8-10-27(11-9-17)16(4)28/h5-7,12-13,17,26H,1,8-11H2,2-4H3,(H,25,29)/b7-6-,15-14+. The minimum absolute atomic E-state index is 0.0391. The van der Waals surface area contributed by atoms with E-state index in [4.69, 9.17) is 11.6 Å². The van der Waals surface area contributed by atoms with E-state index in [9.17, 15) is 22.4 Å². The summed E-state index contributed by atoms with van der Waals surface area (Å²) in [6.07, 6.45) is 5.80. The van der Waals surface area contributed by atoms with Crippen molar-refractivity contribution >= 4 is 39.1 Å². The molecule has 2 amide bonds. The third-order valence-electron chi connectivity index (χ3n) is 5.24. The monoisotopic (exact) mass is 483 g/mol.